The van der Waals surface area contributed by atoms with E-state index in [9.17, 15) is 19.1 Å². The SMILES string of the molecule is O=C(Cc1cccc(Cl)c1Cl)N1CCCC1(CCF)C(=O)O. The molecule has 1 aromatic carbocycles. The number of hydrogen-bond acceptors (Lipinski definition) is 2. The number of carboxylic acid groups (broad SMARTS) is 1. The van der Waals surface area contributed by atoms with Gasteiger partial charge in [0, 0.05) is 13.0 Å². The van der Waals surface area contributed by atoms with Crippen molar-refractivity contribution in [1.82, 2.24) is 4.90 Å². The summed E-state index contributed by atoms with van der Waals surface area (Å²) in [5, 5.41) is 10.1. The highest BCUT2D eigenvalue weighted by Gasteiger charge is 2.49. The number of carboxylic acids is 1. The van der Waals surface area contributed by atoms with Gasteiger partial charge >= 0.3 is 5.97 Å². The van der Waals surface area contributed by atoms with E-state index in [0.29, 0.717) is 23.6 Å². The molecule has 0 bridgehead atoms. The van der Waals surface area contributed by atoms with Gasteiger partial charge in [0.1, 0.15) is 5.54 Å². The van der Waals surface area contributed by atoms with Gasteiger partial charge in [-0.2, -0.15) is 0 Å². The number of rotatable bonds is 5. The van der Waals surface area contributed by atoms with Crippen LogP contribution in [0.15, 0.2) is 18.2 Å². The molecule has 1 N–H and O–H groups in total. The second-order valence-corrected chi connectivity index (χ2v) is 6.10. The lowest BCUT2D eigenvalue weighted by molar-refractivity contribution is -0.157. The number of aliphatic carboxylic acids is 1. The molecule has 0 radical (unpaired) electrons. The Hall–Kier alpha value is -1.33. The molecule has 1 heterocycles. The predicted octanol–water partition coefficient (Wildman–Crippen LogP) is 3.34. The fourth-order valence-electron chi connectivity index (χ4n) is 2.93. The molecule has 7 heteroatoms. The second kappa shape index (κ2) is 6.84. The van der Waals surface area contributed by atoms with Crippen LogP contribution in [0.1, 0.15) is 24.8 Å². The Labute approximate surface area is 137 Å². The minimum Gasteiger partial charge on any atom is -0.479 e. The lowest BCUT2D eigenvalue weighted by Gasteiger charge is -2.34. The van der Waals surface area contributed by atoms with E-state index in [-0.39, 0.29) is 30.2 Å². The number of carbonyl (C=O) groups is 2. The van der Waals surface area contributed by atoms with Gasteiger partial charge in [-0.3, -0.25) is 9.18 Å². The van der Waals surface area contributed by atoms with E-state index in [1.807, 2.05) is 0 Å². The summed E-state index contributed by atoms with van der Waals surface area (Å²) >= 11 is 12.0. The molecular weight excluding hydrogens is 332 g/mol. The molecule has 0 aliphatic carbocycles. The normalized spacial score (nSPS) is 21.1. The molecule has 1 atom stereocenters. The standard InChI is InChI=1S/C15H16Cl2FNO3/c16-11-4-1-3-10(13(11)17)9-12(20)19-8-2-5-15(19,6-7-18)14(21)22/h1,3-4H,2,5-9H2,(H,21,22). The minimum absolute atomic E-state index is 0.0549. The van der Waals surface area contributed by atoms with Gasteiger partial charge in [-0.1, -0.05) is 35.3 Å². The van der Waals surface area contributed by atoms with Crippen molar-refractivity contribution in [3.63, 3.8) is 0 Å². The molecule has 0 saturated carbocycles. The van der Waals surface area contributed by atoms with Crippen molar-refractivity contribution in [2.24, 2.45) is 0 Å². The largest absolute Gasteiger partial charge is 0.479 e. The number of nitrogens with zero attached hydrogens (tertiary/aromatic N) is 1. The first-order valence-corrected chi connectivity index (χ1v) is 7.70. The summed E-state index contributed by atoms with van der Waals surface area (Å²) in [6, 6.07) is 4.95. The monoisotopic (exact) mass is 347 g/mol. The van der Waals surface area contributed by atoms with E-state index in [2.05, 4.69) is 0 Å². The fourth-order valence-corrected chi connectivity index (χ4v) is 3.32. The molecule has 1 aliphatic heterocycles. The minimum atomic E-state index is -1.45. The Morgan fingerprint density at radius 2 is 2.09 bits per heavy atom. The van der Waals surface area contributed by atoms with Crippen molar-refractivity contribution in [3.05, 3.63) is 33.8 Å². The molecule has 2 rings (SSSR count). The first-order valence-electron chi connectivity index (χ1n) is 6.95. The van der Waals surface area contributed by atoms with Gasteiger partial charge in [0.25, 0.3) is 0 Å². The maximum absolute atomic E-state index is 12.8. The van der Waals surface area contributed by atoms with Gasteiger partial charge < -0.3 is 10.0 Å². The zero-order valence-corrected chi connectivity index (χ0v) is 13.3. The van der Waals surface area contributed by atoms with Crippen LogP contribution in [0.5, 0.6) is 0 Å². The van der Waals surface area contributed by atoms with Crippen molar-refractivity contribution >= 4 is 35.1 Å². The summed E-state index contributed by atoms with van der Waals surface area (Å²) in [4.78, 5) is 25.4. The number of carbonyl (C=O) groups excluding carboxylic acids is 1. The number of halogens is 3. The van der Waals surface area contributed by atoms with Crippen LogP contribution in [-0.2, 0) is 16.0 Å². The van der Waals surface area contributed by atoms with Gasteiger partial charge in [0.15, 0.2) is 0 Å². The van der Waals surface area contributed by atoms with Gasteiger partial charge in [-0.25, -0.2) is 4.79 Å². The van der Waals surface area contributed by atoms with Gasteiger partial charge in [0.05, 0.1) is 23.1 Å². The topological polar surface area (TPSA) is 57.6 Å². The molecule has 1 unspecified atom stereocenters. The maximum Gasteiger partial charge on any atom is 0.329 e. The van der Waals surface area contributed by atoms with Crippen LogP contribution in [-0.4, -0.2) is 40.6 Å². The van der Waals surface area contributed by atoms with Crippen LogP contribution >= 0.6 is 23.2 Å². The van der Waals surface area contributed by atoms with Crippen LogP contribution in [0.4, 0.5) is 4.39 Å². The molecule has 1 fully saturated rings. The summed E-state index contributed by atoms with van der Waals surface area (Å²) in [5.41, 5.74) is -0.915. The molecule has 120 valence electrons. The van der Waals surface area contributed by atoms with Crippen LogP contribution in [0.2, 0.25) is 10.0 Å². The van der Waals surface area contributed by atoms with Crippen molar-refractivity contribution in [3.8, 4) is 0 Å². The third-order valence-electron chi connectivity index (χ3n) is 4.07. The first-order chi connectivity index (χ1) is 10.4. The predicted molar refractivity (Wildman–Crippen MR) is 82.1 cm³/mol. The van der Waals surface area contributed by atoms with E-state index >= 15 is 0 Å². The summed E-state index contributed by atoms with van der Waals surface area (Å²) in [6.07, 6.45) is 0.556. The maximum atomic E-state index is 12.8. The summed E-state index contributed by atoms with van der Waals surface area (Å²) in [6.45, 7) is -0.475. The second-order valence-electron chi connectivity index (χ2n) is 5.31. The Kier molecular flexibility index (Phi) is 5.29. The summed E-state index contributed by atoms with van der Waals surface area (Å²) in [7, 11) is 0. The van der Waals surface area contributed by atoms with Crippen LogP contribution in [0.3, 0.4) is 0 Å². The van der Waals surface area contributed by atoms with Crippen LogP contribution < -0.4 is 0 Å². The highest BCUT2D eigenvalue weighted by atomic mass is 35.5. The molecule has 1 amide bonds. The highest BCUT2D eigenvalue weighted by Crippen LogP contribution is 2.34. The number of hydrogen-bond donors (Lipinski definition) is 1. The molecule has 1 aromatic rings. The van der Waals surface area contributed by atoms with E-state index < -0.39 is 18.2 Å². The third-order valence-corrected chi connectivity index (χ3v) is 4.93. The summed E-state index contributed by atoms with van der Waals surface area (Å²) in [5.74, 6) is -1.54. The van der Waals surface area contributed by atoms with Gasteiger partial charge in [0.2, 0.25) is 5.91 Å². The lowest BCUT2D eigenvalue weighted by Crippen LogP contribution is -2.53. The zero-order valence-electron chi connectivity index (χ0n) is 11.8. The Morgan fingerprint density at radius 1 is 1.36 bits per heavy atom. The molecule has 0 spiro atoms. The number of alkyl halides is 1. The van der Waals surface area contributed by atoms with Gasteiger partial charge in [-0.15, -0.1) is 0 Å². The van der Waals surface area contributed by atoms with E-state index in [1.54, 1.807) is 18.2 Å². The third kappa shape index (κ3) is 3.06. The highest BCUT2D eigenvalue weighted by molar-refractivity contribution is 6.42. The zero-order chi connectivity index (χ0) is 16.3. The van der Waals surface area contributed by atoms with Crippen molar-refractivity contribution in [2.75, 3.05) is 13.2 Å². The van der Waals surface area contributed by atoms with Crippen molar-refractivity contribution < 1.29 is 19.1 Å². The van der Waals surface area contributed by atoms with E-state index in [1.165, 1.54) is 4.90 Å². The number of likely N-dealkylation sites (tertiary alicyclic amines) is 1. The molecule has 1 saturated heterocycles. The molecule has 1 aliphatic rings. The lowest BCUT2D eigenvalue weighted by atomic mass is 9.92. The number of benzene rings is 1. The van der Waals surface area contributed by atoms with E-state index in [4.69, 9.17) is 23.2 Å². The Balaban J connectivity index is 2.24. The fraction of sp³-hybridized carbons (Fsp3) is 0.467. The quantitative estimate of drug-likeness (QED) is 0.888. The molecule has 22 heavy (non-hydrogen) atoms. The van der Waals surface area contributed by atoms with E-state index in [0.717, 1.165) is 0 Å². The molecular formula is C15H16Cl2FNO3. The van der Waals surface area contributed by atoms with Gasteiger partial charge in [-0.05, 0) is 24.5 Å². The Morgan fingerprint density at radius 3 is 2.73 bits per heavy atom. The first kappa shape index (κ1) is 17.0. The van der Waals surface area contributed by atoms with Crippen molar-refractivity contribution in [2.45, 2.75) is 31.2 Å². The average molecular weight is 348 g/mol. The van der Waals surface area contributed by atoms with Crippen LogP contribution in [0, 0.1) is 0 Å². The van der Waals surface area contributed by atoms with Crippen LogP contribution in [0.25, 0.3) is 0 Å². The molecule has 4 nitrogen and oxygen atoms in total. The van der Waals surface area contributed by atoms with Crippen molar-refractivity contribution in [1.29, 1.82) is 0 Å². The Bertz CT molecular complexity index is 596. The average Bonchev–Trinajstić information content (AvgIpc) is 2.89. The molecule has 0 aromatic heterocycles. The summed E-state index contributed by atoms with van der Waals surface area (Å²) < 4.78 is 12.8. The number of amides is 1. The smallest absolute Gasteiger partial charge is 0.329 e.